The molecule has 11 rings (SSSR count). The Morgan fingerprint density at radius 1 is 0.333 bits per heavy atom. The Hall–Kier alpha value is -12.2. The van der Waals surface area contributed by atoms with Gasteiger partial charge in [-0.15, -0.1) is 0 Å². The smallest absolute Gasteiger partial charge is 0.333 e. The lowest BCUT2D eigenvalue weighted by molar-refractivity contribution is -0.150. The lowest BCUT2D eigenvalue weighted by atomic mass is 9.80. The summed E-state index contributed by atoms with van der Waals surface area (Å²) in [6.07, 6.45) is 0. The number of ether oxygens (including phenoxy) is 8. The number of carbonyl (C=O) groups excluding carboxylic acids is 10. The van der Waals surface area contributed by atoms with E-state index in [9.17, 15) is 19.2 Å². The molecule has 9 aromatic rings. The first-order valence-corrected chi connectivity index (χ1v) is 40.7. The molecule has 120 heavy (non-hydrogen) atoms. The Morgan fingerprint density at radius 3 is 0.742 bits per heavy atom. The molecule has 0 N–H and O–H groups in total. The Labute approximate surface area is 702 Å². The number of carbonyl (C=O) groups is 10. The van der Waals surface area contributed by atoms with Crippen LogP contribution in [0.3, 0.4) is 0 Å². The highest BCUT2D eigenvalue weighted by atomic mass is 16.5. The molecule has 0 fully saturated rings. The summed E-state index contributed by atoms with van der Waals surface area (Å²) in [5.41, 5.74) is 2.38. The van der Waals surface area contributed by atoms with Gasteiger partial charge in [-0.3, -0.25) is 43.4 Å². The molecular weight excluding hydrogens is 1520 g/mol. The molecule has 0 saturated carbocycles. The maximum atomic E-state index is 16.8. The molecule has 0 aliphatic carbocycles. The molecule has 2 heterocycles. The topological polar surface area (TPSA) is 258 Å². The van der Waals surface area contributed by atoms with Gasteiger partial charge in [0.1, 0.15) is 84.5 Å². The second-order valence-corrected chi connectivity index (χ2v) is 36.3. The number of nitrogens with zero attached hydrogens (tertiary/aromatic N) is 4. The number of benzene rings is 9. The van der Waals surface area contributed by atoms with Crippen molar-refractivity contribution >= 4 is 102 Å². The summed E-state index contributed by atoms with van der Waals surface area (Å²) in [4.78, 5) is 155. The number of hydrogen-bond donors (Lipinski definition) is 0. The summed E-state index contributed by atoms with van der Waals surface area (Å²) in [5, 5.41) is 1.32. The molecule has 0 aromatic heterocycles. The van der Waals surface area contributed by atoms with Crippen molar-refractivity contribution in [3.63, 3.8) is 0 Å². The second kappa shape index (κ2) is 34.6. The minimum Gasteiger partial charge on any atom is -0.464 e. The average Bonchev–Trinajstić information content (AvgIpc) is 0.669. The predicted molar refractivity (Wildman–Crippen MR) is 463 cm³/mol. The number of rotatable bonds is 30. The molecule has 22 heteroatoms. The molecule has 22 nitrogen and oxygen atoms in total. The van der Waals surface area contributed by atoms with Gasteiger partial charge in [-0.2, -0.15) is 0 Å². The third-order valence-electron chi connectivity index (χ3n) is 21.6. The van der Waals surface area contributed by atoms with E-state index in [4.69, 9.17) is 37.9 Å². The second-order valence-electron chi connectivity index (χ2n) is 36.3. The lowest BCUT2D eigenvalue weighted by Gasteiger charge is -2.39. The van der Waals surface area contributed by atoms with Crippen molar-refractivity contribution in [1.29, 1.82) is 0 Å². The lowest BCUT2D eigenvalue weighted by Crippen LogP contribution is -2.57. The molecule has 6 amide bonds. The number of hydrogen-bond acceptors (Lipinski definition) is 18. The predicted octanol–water partition coefficient (Wildman–Crippen LogP) is 19.6. The first-order chi connectivity index (χ1) is 56.2. The summed E-state index contributed by atoms with van der Waals surface area (Å²) in [6.45, 7) is 48.1. The summed E-state index contributed by atoms with van der Waals surface area (Å²) in [6, 6.07) is 32.6. The molecule has 0 bridgehead atoms. The highest BCUT2D eigenvalue weighted by Crippen LogP contribution is 2.59. The van der Waals surface area contributed by atoms with E-state index in [1.54, 1.807) is 90.1 Å². The van der Waals surface area contributed by atoms with E-state index in [2.05, 4.69) is 103 Å². The van der Waals surface area contributed by atoms with Crippen molar-refractivity contribution in [2.24, 2.45) is 17.8 Å². The number of fused-ring (bicyclic) bond motifs is 2. The Morgan fingerprint density at radius 2 is 0.550 bits per heavy atom. The van der Waals surface area contributed by atoms with Gasteiger partial charge in [0.2, 0.25) is 11.8 Å². The molecule has 2 atom stereocenters. The van der Waals surface area contributed by atoms with E-state index < -0.39 is 89.2 Å². The summed E-state index contributed by atoms with van der Waals surface area (Å²) < 4.78 is 51.8. The van der Waals surface area contributed by atoms with E-state index in [1.807, 2.05) is 48.5 Å². The Bertz CT molecular complexity index is 5110. The third kappa shape index (κ3) is 18.3. The van der Waals surface area contributed by atoms with Crippen molar-refractivity contribution in [2.75, 3.05) is 52.6 Å². The molecule has 630 valence electrons. The summed E-state index contributed by atoms with van der Waals surface area (Å²) in [5.74, 6) is -8.98. The molecule has 9 aromatic carbocycles. The van der Waals surface area contributed by atoms with Crippen LogP contribution in [0, 0.1) is 17.8 Å². The van der Waals surface area contributed by atoms with Crippen LogP contribution in [0.5, 0.6) is 46.0 Å². The zero-order chi connectivity index (χ0) is 88.0. The van der Waals surface area contributed by atoms with Gasteiger partial charge in [0.05, 0.1) is 54.4 Å². The first-order valence-electron chi connectivity index (χ1n) is 40.7. The molecule has 2 aliphatic rings. The largest absolute Gasteiger partial charge is 0.464 e. The molecule has 2 aliphatic heterocycles. The van der Waals surface area contributed by atoms with E-state index in [0.29, 0.717) is 0 Å². The third-order valence-corrected chi connectivity index (χ3v) is 21.6. The van der Waals surface area contributed by atoms with Gasteiger partial charge in [-0.25, -0.2) is 14.4 Å². The minimum absolute atomic E-state index is 0.00841. The molecule has 0 spiro atoms. The summed E-state index contributed by atoms with van der Waals surface area (Å²) in [7, 11) is 0. The van der Waals surface area contributed by atoms with Gasteiger partial charge in [0.25, 0.3) is 23.6 Å². The first kappa shape index (κ1) is 88.6. The highest BCUT2D eigenvalue weighted by Gasteiger charge is 2.49. The molecule has 0 saturated heterocycles. The van der Waals surface area contributed by atoms with E-state index in [1.165, 1.54) is 54.8 Å². The van der Waals surface area contributed by atoms with Crippen molar-refractivity contribution in [2.45, 2.75) is 179 Å². The fourth-order valence-electron chi connectivity index (χ4n) is 14.9. The summed E-state index contributed by atoms with van der Waals surface area (Å²) >= 11 is 0. The van der Waals surface area contributed by atoms with Gasteiger partial charge in [0, 0.05) is 59.8 Å². The van der Waals surface area contributed by atoms with Crippen molar-refractivity contribution < 1.29 is 85.8 Å². The van der Waals surface area contributed by atoms with Crippen LogP contribution in [0.15, 0.2) is 158 Å². The van der Waals surface area contributed by atoms with Crippen molar-refractivity contribution in [3.05, 3.63) is 202 Å². The standard InChI is InChI=1S/C98H110N4O18/c1-53(2)83(89(107)99(41-45-113-91(109)55(5)6)42-46-114-92(110)56(7)8)101-85(103)67-49-71(117-63-33-25-59(26-34-63)95(13,14)15)77-79-73(119-65-37-29-61(30-38-65)97(19,20)21)51-69-76-70(88(106)102(87(69)105)84(54(3)4)90(108)100(43-47-115-93(111)57(9)10)44-48-116-94(112)58(11)12)52-74(120-66-39-31-62(32-40-66)98(22,23)24)80(82(76)79)78-72(50-68(86(101)104)75(67)81(77)78)118-64-35-27-60(28-36-64)96(16,17)18/h25-40,49-54,58,83-84H,5,7,9,41-48H2,1-4,6,8,10-24H3. The van der Waals surface area contributed by atoms with Gasteiger partial charge in [0.15, 0.2) is 0 Å². The van der Waals surface area contributed by atoms with Crippen LogP contribution in [-0.2, 0) is 69.4 Å². The van der Waals surface area contributed by atoms with Gasteiger partial charge in [-0.1, -0.05) is 193 Å². The Kier molecular flexibility index (Phi) is 25.6. The van der Waals surface area contributed by atoms with E-state index in [-0.39, 0.29) is 202 Å². The number of imide groups is 2. The van der Waals surface area contributed by atoms with E-state index in [0.717, 1.165) is 32.1 Å². The minimum atomic E-state index is -1.60. The maximum Gasteiger partial charge on any atom is 0.333 e. The van der Waals surface area contributed by atoms with E-state index >= 15 is 28.8 Å². The van der Waals surface area contributed by atoms with Crippen LogP contribution in [0.2, 0.25) is 0 Å². The molecular formula is C98H110N4O18. The van der Waals surface area contributed by atoms with Crippen molar-refractivity contribution in [3.8, 4) is 46.0 Å². The zero-order valence-corrected chi connectivity index (χ0v) is 72.8. The van der Waals surface area contributed by atoms with Crippen LogP contribution in [0.25, 0.3) is 43.1 Å². The fourth-order valence-corrected chi connectivity index (χ4v) is 14.9. The van der Waals surface area contributed by atoms with Crippen LogP contribution in [0.4, 0.5) is 0 Å². The van der Waals surface area contributed by atoms with Gasteiger partial charge in [-0.05, 0) is 149 Å². The van der Waals surface area contributed by atoms with Gasteiger partial charge >= 0.3 is 23.9 Å². The maximum absolute atomic E-state index is 16.8. The average molecular weight is 1630 g/mol. The van der Waals surface area contributed by atoms with Crippen LogP contribution in [-0.4, -0.2) is 144 Å². The monoisotopic (exact) mass is 1630 g/mol. The number of esters is 4. The fraction of sp³-hybridized carbons (Fsp3) is 0.388. The SMILES string of the molecule is C=C(C)C(=O)OCCN(CCOC(=O)C(=C)C)C(=O)C(C(C)C)N1C(=O)c2cc(Oc3ccc(C(C)(C)C)cc3)c3c4c(Oc5ccc(C(C)(C)C)cc5)cc5c6c(cc(Oc7ccc(C(C)(C)C)cc7)c(c7c(Oc8ccc(C(C)(C)C)cc8)cc(c2c37)C1=O)c64)C(=O)N(C(C(=O)N(CCOC(=O)C(=C)C)CCOC(=O)C(C)C)C(C)C)C5=O. The quantitative estimate of drug-likeness (QED) is 0.0101. The number of amides is 6. The van der Waals surface area contributed by atoms with Gasteiger partial charge < -0.3 is 47.7 Å². The molecule has 0 radical (unpaired) electrons. The van der Waals surface area contributed by atoms with Crippen LogP contribution in [0.1, 0.15) is 209 Å². The normalized spacial score (nSPS) is 13.6. The zero-order valence-electron chi connectivity index (χ0n) is 72.8. The van der Waals surface area contributed by atoms with Crippen LogP contribution < -0.4 is 18.9 Å². The Balaban J connectivity index is 1.30. The van der Waals surface area contributed by atoms with Crippen molar-refractivity contribution in [1.82, 2.24) is 19.6 Å². The molecule has 2 unspecified atom stereocenters. The van der Waals surface area contributed by atoms with Crippen LogP contribution >= 0.6 is 0 Å². The highest BCUT2D eigenvalue weighted by molar-refractivity contribution is 6.45.